The predicted molar refractivity (Wildman–Crippen MR) is 78.5 cm³/mol. The van der Waals surface area contributed by atoms with Crippen molar-refractivity contribution in [2.45, 2.75) is 6.92 Å². The minimum absolute atomic E-state index is 0.602. The van der Waals surface area contributed by atoms with E-state index >= 15 is 0 Å². The lowest BCUT2D eigenvalue weighted by Gasteiger charge is -1.92. The topological polar surface area (TPSA) is 54.7 Å². The fourth-order valence-corrected chi connectivity index (χ4v) is 2.59. The second-order valence-corrected chi connectivity index (χ2v) is 5.04. The van der Waals surface area contributed by atoms with Gasteiger partial charge in [0.05, 0.1) is 5.69 Å². The smallest absolute Gasteiger partial charge is 0.180 e. The number of nitrogens with two attached hydrogens (primary N) is 1. The molecule has 4 heteroatoms. The molecule has 0 aliphatic heterocycles. The van der Waals surface area contributed by atoms with E-state index in [1.807, 2.05) is 23.6 Å². The third-order valence-corrected chi connectivity index (χ3v) is 3.60. The molecule has 0 bridgehead atoms. The van der Waals surface area contributed by atoms with Crippen molar-refractivity contribution >= 4 is 39.5 Å². The van der Waals surface area contributed by atoms with Gasteiger partial charge in [0.2, 0.25) is 0 Å². The number of H-pyrrole nitrogens is 1. The summed E-state index contributed by atoms with van der Waals surface area (Å²) >= 11 is 1.46. The lowest BCUT2D eigenvalue weighted by atomic mass is 10.1. The zero-order valence-corrected chi connectivity index (χ0v) is 10.8. The van der Waals surface area contributed by atoms with Crippen molar-refractivity contribution in [1.29, 1.82) is 0 Å². The highest BCUT2D eigenvalue weighted by Gasteiger charge is 2.04. The monoisotopic (exact) mass is 255 g/mol. The summed E-state index contributed by atoms with van der Waals surface area (Å²) in [7, 11) is 0. The number of thiazole rings is 1. The first kappa shape index (κ1) is 11.0. The number of para-hydroxylation sites is 1. The average molecular weight is 255 g/mol. The number of nitrogens with one attached hydrogen (secondary N) is 1. The molecule has 3 nitrogen and oxygen atoms in total. The number of nitrogen functional groups attached to an aromatic ring is 1. The Morgan fingerprint density at radius 2 is 2.11 bits per heavy atom. The van der Waals surface area contributed by atoms with Crippen LogP contribution in [-0.4, -0.2) is 9.97 Å². The molecule has 0 saturated carbocycles. The number of aryl methyl sites for hydroxylation is 1. The fourth-order valence-electron chi connectivity index (χ4n) is 2.06. The van der Waals surface area contributed by atoms with Crippen molar-refractivity contribution in [3.8, 4) is 0 Å². The van der Waals surface area contributed by atoms with Gasteiger partial charge in [-0.05, 0) is 19.1 Å². The van der Waals surface area contributed by atoms with Gasteiger partial charge in [-0.15, -0.1) is 11.3 Å². The van der Waals surface area contributed by atoms with E-state index in [-0.39, 0.29) is 0 Å². The Bertz CT molecular complexity index is 722. The van der Waals surface area contributed by atoms with Gasteiger partial charge in [-0.25, -0.2) is 4.98 Å². The van der Waals surface area contributed by atoms with Crippen LogP contribution in [0.1, 0.15) is 17.0 Å². The number of fused-ring (bicyclic) bond motifs is 1. The van der Waals surface area contributed by atoms with Crippen LogP contribution in [0.25, 0.3) is 23.1 Å². The number of aromatic nitrogens is 2. The van der Waals surface area contributed by atoms with E-state index in [0.29, 0.717) is 5.13 Å². The number of nitrogens with zero attached hydrogens (tertiary/aromatic N) is 1. The van der Waals surface area contributed by atoms with Crippen LogP contribution in [0.3, 0.4) is 0 Å². The third kappa shape index (κ3) is 1.91. The van der Waals surface area contributed by atoms with Crippen molar-refractivity contribution in [2.75, 3.05) is 5.73 Å². The maximum atomic E-state index is 5.62. The minimum atomic E-state index is 0.602. The quantitative estimate of drug-likeness (QED) is 0.733. The number of aromatic amines is 1. The Hall–Kier alpha value is -2.07. The molecule has 3 N–H and O–H groups in total. The van der Waals surface area contributed by atoms with Crippen LogP contribution in [0.5, 0.6) is 0 Å². The molecule has 3 rings (SSSR count). The predicted octanol–water partition coefficient (Wildman–Crippen LogP) is 3.69. The van der Waals surface area contributed by atoms with Crippen molar-refractivity contribution in [2.24, 2.45) is 0 Å². The average Bonchev–Trinajstić information content (AvgIpc) is 2.90. The van der Waals surface area contributed by atoms with Gasteiger partial charge in [0, 0.05) is 27.5 Å². The summed E-state index contributed by atoms with van der Waals surface area (Å²) in [4.78, 5) is 7.59. The second-order valence-electron chi connectivity index (χ2n) is 4.15. The van der Waals surface area contributed by atoms with E-state index in [1.54, 1.807) is 0 Å². The van der Waals surface area contributed by atoms with Gasteiger partial charge in [0.15, 0.2) is 5.13 Å². The van der Waals surface area contributed by atoms with Crippen molar-refractivity contribution in [3.63, 3.8) is 0 Å². The van der Waals surface area contributed by atoms with Crippen molar-refractivity contribution < 1.29 is 0 Å². The molecule has 2 aromatic heterocycles. The van der Waals surface area contributed by atoms with Crippen LogP contribution in [0, 0.1) is 6.92 Å². The van der Waals surface area contributed by atoms with E-state index in [4.69, 9.17) is 5.73 Å². The molecule has 0 radical (unpaired) electrons. The Morgan fingerprint density at radius 3 is 2.89 bits per heavy atom. The zero-order chi connectivity index (χ0) is 12.5. The number of hydrogen-bond donors (Lipinski definition) is 2. The summed E-state index contributed by atoms with van der Waals surface area (Å²) in [6, 6.07) is 8.29. The van der Waals surface area contributed by atoms with Crippen molar-refractivity contribution in [1.82, 2.24) is 9.97 Å². The fraction of sp³-hybridized carbons (Fsp3) is 0.0714. The molecule has 0 amide bonds. The summed E-state index contributed by atoms with van der Waals surface area (Å²) < 4.78 is 0. The molecule has 0 spiro atoms. The molecule has 0 unspecified atom stereocenters. The van der Waals surface area contributed by atoms with Gasteiger partial charge in [-0.1, -0.05) is 24.3 Å². The molecule has 0 aliphatic rings. The van der Waals surface area contributed by atoms with E-state index in [9.17, 15) is 0 Å². The van der Waals surface area contributed by atoms with Crippen LogP contribution >= 0.6 is 11.3 Å². The number of anilines is 1. The summed E-state index contributed by atoms with van der Waals surface area (Å²) in [5.74, 6) is 0. The van der Waals surface area contributed by atoms with E-state index in [1.165, 1.54) is 22.3 Å². The SMILES string of the molecule is Cc1[nH]c2ccccc2c1C=Cc1csc(N)n1. The molecule has 0 fully saturated rings. The number of rotatable bonds is 2. The molecule has 3 aromatic rings. The highest BCUT2D eigenvalue weighted by molar-refractivity contribution is 7.13. The maximum Gasteiger partial charge on any atom is 0.180 e. The highest BCUT2D eigenvalue weighted by Crippen LogP contribution is 2.24. The summed E-state index contributed by atoms with van der Waals surface area (Å²) in [6.45, 7) is 2.08. The molecule has 18 heavy (non-hydrogen) atoms. The van der Waals surface area contributed by atoms with Crippen LogP contribution in [0.2, 0.25) is 0 Å². The Morgan fingerprint density at radius 1 is 1.28 bits per heavy atom. The van der Waals surface area contributed by atoms with Crippen LogP contribution in [0.4, 0.5) is 5.13 Å². The summed E-state index contributed by atoms with van der Waals surface area (Å²) in [5, 5.41) is 3.79. The molecular weight excluding hydrogens is 242 g/mol. The highest BCUT2D eigenvalue weighted by atomic mass is 32.1. The van der Waals surface area contributed by atoms with Crippen LogP contribution < -0.4 is 5.73 Å². The van der Waals surface area contributed by atoms with Crippen LogP contribution in [0.15, 0.2) is 29.6 Å². The largest absolute Gasteiger partial charge is 0.375 e. The van der Waals surface area contributed by atoms with E-state index in [2.05, 4.69) is 35.1 Å². The first-order valence-electron chi connectivity index (χ1n) is 5.70. The third-order valence-electron chi connectivity index (χ3n) is 2.90. The molecule has 0 atom stereocenters. The molecule has 1 aromatic carbocycles. The maximum absolute atomic E-state index is 5.62. The van der Waals surface area contributed by atoms with Gasteiger partial charge < -0.3 is 10.7 Å². The normalized spacial score (nSPS) is 11.6. The molecular formula is C14H13N3S. The Balaban J connectivity index is 2.04. The molecule has 0 aliphatic carbocycles. The Labute approximate surface area is 109 Å². The summed E-state index contributed by atoms with van der Waals surface area (Å²) in [5.41, 5.74) is 10.0. The first-order valence-corrected chi connectivity index (χ1v) is 6.58. The zero-order valence-electron chi connectivity index (χ0n) is 9.97. The first-order chi connectivity index (χ1) is 8.74. The van der Waals surface area contributed by atoms with Gasteiger partial charge in [-0.2, -0.15) is 0 Å². The van der Waals surface area contributed by atoms with Crippen LogP contribution in [-0.2, 0) is 0 Å². The molecule has 90 valence electrons. The van der Waals surface area contributed by atoms with E-state index < -0.39 is 0 Å². The summed E-state index contributed by atoms with van der Waals surface area (Å²) in [6.07, 6.45) is 4.08. The number of hydrogen-bond acceptors (Lipinski definition) is 3. The van der Waals surface area contributed by atoms with Gasteiger partial charge >= 0.3 is 0 Å². The standard InChI is InChI=1S/C14H13N3S/c1-9-11(7-6-10-8-18-14(15)17-10)12-4-2-3-5-13(12)16-9/h2-8,16H,1H3,(H2,15,17). The number of benzene rings is 1. The lowest BCUT2D eigenvalue weighted by molar-refractivity contribution is 1.29. The molecule has 0 saturated heterocycles. The van der Waals surface area contributed by atoms with Gasteiger partial charge in [0.25, 0.3) is 0 Å². The molecule has 2 heterocycles. The minimum Gasteiger partial charge on any atom is -0.375 e. The Kier molecular flexibility index (Phi) is 2.64. The van der Waals surface area contributed by atoms with E-state index in [0.717, 1.165) is 16.9 Å². The lowest BCUT2D eigenvalue weighted by Crippen LogP contribution is -1.81. The van der Waals surface area contributed by atoms with Gasteiger partial charge in [-0.3, -0.25) is 0 Å². The van der Waals surface area contributed by atoms with Gasteiger partial charge in [0.1, 0.15) is 0 Å². The van der Waals surface area contributed by atoms with Crippen molar-refractivity contribution in [3.05, 3.63) is 46.6 Å². The second kappa shape index (κ2) is 4.31.